The summed E-state index contributed by atoms with van der Waals surface area (Å²) in [6.45, 7) is 5.03. The second-order valence-electron chi connectivity index (χ2n) is 4.88. The van der Waals surface area contributed by atoms with Gasteiger partial charge in [0.25, 0.3) is 0 Å². The lowest BCUT2D eigenvalue weighted by atomic mass is 9.98. The molecule has 1 unspecified atom stereocenters. The Morgan fingerprint density at radius 1 is 1.37 bits per heavy atom. The molecule has 1 atom stereocenters. The van der Waals surface area contributed by atoms with Crippen LogP contribution in [0.2, 0.25) is 0 Å². The predicted molar refractivity (Wildman–Crippen MR) is 84.2 cm³/mol. The Balaban J connectivity index is 2.76. The zero-order valence-corrected chi connectivity index (χ0v) is 14.1. The smallest absolute Gasteiger partial charge is 0.147 e. The maximum absolute atomic E-state index is 11.2. The monoisotopic (exact) mass is 347 g/mol. The van der Waals surface area contributed by atoms with Gasteiger partial charge in [0.1, 0.15) is 9.84 Å². The quantitative estimate of drug-likeness (QED) is 0.823. The van der Waals surface area contributed by atoms with E-state index in [4.69, 9.17) is 0 Å². The SMILES string of the molecule is CCNC(CCCS(C)(=O)=O)c1ccc(Br)cc1C. The van der Waals surface area contributed by atoms with E-state index in [9.17, 15) is 8.42 Å². The number of benzene rings is 1. The summed E-state index contributed by atoms with van der Waals surface area (Å²) in [6, 6.07) is 6.45. The number of sulfone groups is 1. The molecule has 0 fully saturated rings. The van der Waals surface area contributed by atoms with Crippen LogP contribution in [0.1, 0.15) is 36.9 Å². The molecule has 0 spiro atoms. The molecule has 108 valence electrons. The van der Waals surface area contributed by atoms with Gasteiger partial charge in [0.15, 0.2) is 0 Å². The Hall–Kier alpha value is -0.390. The minimum absolute atomic E-state index is 0.222. The predicted octanol–water partition coefficient (Wildman–Crippen LogP) is 3.23. The Morgan fingerprint density at radius 3 is 2.58 bits per heavy atom. The van der Waals surface area contributed by atoms with E-state index in [1.165, 1.54) is 17.4 Å². The standard InChI is InChI=1S/C14H22BrNO2S/c1-4-16-14(6-5-9-19(3,17)18)13-8-7-12(15)10-11(13)2/h7-8,10,14,16H,4-6,9H2,1-3H3. The van der Waals surface area contributed by atoms with Crippen LogP contribution in [0.15, 0.2) is 22.7 Å². The topological polar surface area (TPSA) is 46.2 Å². The van der Waals surface area contributed by atoms with Crippen molar-refractivity contribution in [2.45, 2.75) is 32.7 Å². The van der Waals surface area contributed by atoms with E-state index in [0.29, 0.717) is 6.42 Å². The zero-order chi connectivity index (χ0) is 14.5. The average Bonchev–Trinajstić information content (AvgIpc) is 2.26. The lowest BCUT2D eigenvalue weighted by Crippen LogP contribution is -2.22. The van der Waals surface area contributed by atoms with Crippen LogP contribution in [-0.2, 0) is 9.84 Å². The molecule has 0 radical (unpaired) electrons. The molecule has 0 aliphatic heterocycles. The molecule has 3 nitrogen and oxygen atoms in total. The van der Waals surface area contributed by atoms with Crippen LogP contribution >= 0.6 is 15.9 Å². The molecule has 1 aromatic carbocycles. The minimum Gasteiger partial charge on any atom is -0.310 e. The lowest BCUT2D eigenvalue weighted by Gasteiger charge is -2.20. The third kappa shape index (κ3) is 6.06. The Labute approximate surface area is 124 Å². The summed E-state index contributed by atoms with van der Waals surface area (Å²) in [5, 5.41) is 3.44. The van der Waals surface area contributed by atoms with Gasteiger partial charge in [-0.2, -0.15) is 0 Å². The van der Waals surface area contributed by atoms with Crippen LogP contribution in [0.4, 0.5) is 0 Å². The Morgan fingerprint density at radius 2 is 2.05 bits per heavy atom. The van der Waals surface area contributed by atoms with Gasteiger partial charge in [-0.15, -0.1) is 0 Å². The first-order valence-corrected chi connectivity index (χ1v) is 9.36. The van der Waals surface area contributed by atoms with Gasteiger partial charge in [-0.1, -0.05) is 28.9 Å². The normalized spacial score (nSPS) is 13.5. The molecule has 0 aliphatic carbocycles. The van der Waals surface area contributed by atoms with E-state index < -0.39 is 9.84 Å². The number of aryl methyl sites for hydroxylation is 1. The van der Waals surface area contributed by atoms with Crippen molar-refractivity contribution in [3.63, 3.8) is 0 Å². The van der Waals surface area contributed by atoms with Gasteiger partial charge in [0.05, 0.1) is 0 Å². The molecule has 0 heterocycles. The van der Waals surface area contributed by atoms with Gasteiger partial charge in [-0.3, -0.25) is 0 Å². The van der Waals surface area contributed by atoms with Crippen molar-refractivity contribution in [1.29, 1.82) is 0 Å². The number of rotatable bonds is 7. The maximum Gasteiger partial charge on any atom is 0.147 e. The van der Waals surface area contributed by atoms with E-state index in [1.54, 1.807) is 0 Å². The molecule has 0 bridgehead atoms. The molecule has 1 rings (SSSR count). The molecule has 0 aliphatic rings. The molecule has 0 saturated heterocycles. The molecule has 0 amide bonds. The van der Waals surface area contributed by atoms with E-state index >= 15 is 0 Å². The fraction of sp³-hybridized carbons (Fsp3) is 0.571. The minimum atomic E-state index is -2.87. The Kier molecular flexibility index (Phi) is 6.50. The van der Waals surface area contributed by atoms with Gasteiger partial charge in [0.2, 0.25) is 0 Å². The van der Waals surface area contributed by atoms with Gasteiger partial charge in [-0.25, -0.2) is 8.42 Å². The van der Waals surface area contributed by atoms with Crippen molar-refractivity contribution in [3.8, 4) is 0 Å². The van der Waals surface area contributed by atoms with E-state index in [1.807, 2.05) is 6.07 Å². The molecule has 0 saturated carbocycles. The van der Waals surface area contributed by atoms with Crippen molar-refractivity contribution >= 4 is 25.8 Å². The molecular formula is C14H22BrNO2S. The number of halogens is 1. The summed E-state index contributed by atoms with van der Waals surface area (Å²) in [5.41, 5.74) is 2.47. The van der Waals surface area contributed by atoms with Gasteiger partial charge in [-0.05, 0) is 49.6 Å². The number of nitrogens with one attached hydrogen (secondary N) is 1. The first kappa shape index (κ1) is 16.7. The highest BCUT2D eigenvalue weighted by Gasteiger charge is 2.14. The fourth-order valence-corrected chi connectivity index (χ4v) is 3.36. The lowest BCUT2D eigenvalue weighted by molar-refractivity contribution is 0.505. The summed E-state index contributed by atoms with van der Waals surface area (Å²) in [5.74, 6) is 0.254. The summed E-state index contributed by atoms with van der Waals surface area (Å²) in [7, 11) is -2.87. The zero-order valence-electron chi connectivity index (χ0n) is 11.7. The summed E-state index contributed by atoms with van der Waals surface area (Å²) < 4.78 is 23.5. The molecule has 19 heavy (non-hydrogen) atoms. The van der Waals surface area contributed by atoms with Crippen LogP contribution in [0.3, 0.4) is 0 Å². The molecule has 5 heteroatoms. The number of hydrogen-bond acceptors (Lipinski definition) is 3. The molecule has 0 aromatic heterocycles. The van der Waals surface area contributed by atoms with Crippen LogP contribution in [0.5, 0.6) is 0 Å². The van der Waals surface area contributed by atoms with Crippen LogP contribution in [0.25, 0.3) is 0 Å². The van der Waals surface area contributed by atoms with Crippen molar-refractivity contribution in [3.05, 3.63) is 33.8 Å². The summed E-state index contributed by atoms with van der Waals surface area (Å²) in [4.78, 5) is 0. The highest BCUT2D eigenvalue weighted by Crippen LogP contribution is 2.25. The van der Waals surface area contributed by atoms with Crippen molar-refractivity contribution in [2.75, 3.05) is 18.6 Å². The second kappa shape index (κ2) is 7.41. The van der Waals surface area contributed by atoms with E-state index in [-0.39, 0.29) is 11.8 Å². The molecule has 1 aromatic rings. The van der Waals surface area contributed by atoms with Crippen molar-refractivity contribution in [2.24, 2.45) is 0 Å². The maximum atomic E-state index is 11.2. The summed E-state index contributed by atoms with van der Waals surface area (Å²) in [6.07, 6.45) is 2.82. The highest BCUT2D eigenvalue weighted by molar-refractivity contribution is 9.10. The summed E-state index contributed by atoms with van der Waals surface area (Å²) >= 11 is 3.46. The van der Waals surface area contributed by atoms with E-state index in [0.717, 1.165) is 17.4 Å². The van der Waals surface area contributed by atoms with Gasteiger partial charge < -0.3 is 5.32 Å². The number of hydrogen-bond donors (Lipinski definition) is 1. The van der Waals surface area contributed by atoms with Crippen LogP contribution in [0, 0.1) is 6.92 Å². The molecule has 1 N–H and O–H groups in total. The Bertz CT molecular complexity index is 514. The van der Waals surface area contributed by atoms with Crippen LogP contribution < -0.4 is 5.32 Å². The third-order valence-corrected chi connectivity index (χ3v) is 4.59. The average molecular weight is 348 g/mol. The van der Waals surface area contributed by atoms with Crippen LogP contribution in [-0.4, -0.2) is 27.0 Å². The molecular weight excluding hydrogens is 326 g/mol. The van der Waals surface area contributed by atoms with Gasteiger partial charge in [0, 0.05) is 22.5 Å². The highest BCUT2D eigenvalue weighted by atomic mass is 79.9. The first-order chi connectivity index (χ1) is 8.83. The second-order valence-corrected chi connectivity index (χ2v) is 8.06. The largest absolute Gasteiger partial charge is 0.310 e. The van der Waals surface area contributed by atoms with Gasteiger partial charge >= 0.3 is 0 Å². The van der Waals surface area contributed by atoms with Crippen molar-refractivity contribution < 1.29 is 8.42 Å². The van der Waals surface area contributed by atoms with Crippen molar-refractivity contribution in [1.82, 2.24) is 5.32 Å². The van der Waals surface area contributed by atoms with E-state index in [2.05, 4.69) is 47.2 Å². The third-order valence-electron chi connectivity index (χ3n) is 3.07. The first-order valence-electron chi connectivity index (χ1n) is 6.50. The fourth-order valence-electron chi connectivity index (χ4n) is 2.19.